The highest BCUT2D eigenvalue weighted by Gasteiger charge is 2.16. The van der Waals surface area contributed by atoms with Gasteiger partial charge >= 0.3 is 0 Å². The lowest BCUT2D eigenvalue weighted by Crippen LogP contribution is -2.23. The molecule has 5 nitrogen and oxygen atoms in total. The normalized spacial score (nSPS) is 11.2. The first-order chi connectivity index (χ1) is 13.5. The molecule has 1 aromatic carbocycles. The molecule has 1 heterocycles. The van der Waals surface area contributed by atoms with Crippen molar-refractivity contribution in [2.24, 2.45) is 0 Å². The van der Waals surface area contributed by atoms with Gasteiger partial charge in [-0.3, -0.25) is 9.78 Å². The number of pyridine rings is 1. The number of nitrogens with one attached hydrogen (secondary N) is 1. The maximum atomic E-state index is 12.8. The van der Waals surface area contributed by atoms with Gasteiger partial charge in [-0.2, -0.15) is 5.26 Å². The number of hydrogen-bond acceptors (Lipinski definition) is 4. The van der Waals surface area contributed by atoms with Gasteiger partial charge in [0.2, 0.25) is 0 Å². The minimum atomic E-state index is -0.374. The van der Waals surface area contributed by atoms with Crippen LogP contribution in [0.4, 0.5) is 5.69 Å². The number of para-hydroxylation sites is 1. The van der Waals surface area contributed by atoms with Crippen molar-refractivity contribution < 1.29 is 4.79 Å². The Labute approximate surface area is 167 Å². The van der Waals surface area contributed by atoms with Crippen LogP contribution in [0, 0.1) is 18.3 Å². The maximum absolute atomic E-state index is 12.8. The molecule has 0 fully saturated rings. The number of carbonyl (C=O) groups excluding carboxylic acids is 1. The van der Waals surface area contributed by atoms with E-state index in [1.807, 2.05) is 49.1 Å². The van der Waals surface area contributed by atoms with E-state index in [4.69, 9.17) is 0 Å². The number of nitrogens with zero attached hydrogens (tertiary/aromatic N) is 3. The van der Waals surface area contributed by atoms with Crippen LogP contribution in [0.5, 0.6) is 0 Å². The Morgan fingerprint density at radius 1 is 1.29 bits per heavy atom. The molecule has 0 bridgehead atoms. The Hall–Kier alpha value is -3.13. The Kier molecular flexibility index (Phi) is 7.76. The van der Waals surface area contributed by atoms with Crippen molar-refractivity contribution in [1.29, 1.82) is 5.26 Å². The van der Waals surface area contributed by atoms with E-state index in [-0.39, 0.29) is 17.4 Å². The van der Waals surface area contributed by atoms with Crippen molar-refractivity contribution >= 4 is 11.6 Å². The van der Waals surface area contributed by atoms with Crippen LogP contribution in [-0.2, 0) is 11.2 Å². The van der Waals surface area contributed by atoms with Crippen molar-refractivity contribution in [3.63, 3.8) is 0 Å². The summed E-state index contributed by atoms with van der Waals surface area (Å²) in [6, 6.07) is 12.0. The molecule has 0 unspecified atom stereocenters. The summed E-state index contributed by atoms with van der Waals surface area (Å²) in [5.74, 6) is -0.0988. The second kappa shape index (κ2) is 10.3. The molecule has 0 aliphatic heterocycles. The number of anilines is 1. The summed E-state index contributed by atoms with van der Waals surface area (Å²) in [5, 5.41) is 12.5. The highest BCUT2D eigenvalue weighted by atomic mass is 16.1. The molecule has 0 aliphatic carbocycles. The first kappa shape index (κ1) is 21.2. The van der Waals surface area contributed by atoms with E-state index in [2.05, 4.69) is 30.2 Å². The average molecular weight is 377 g/mol. The van der Waals surface area contributed by atoms with Crippen LogP contribution in [-0.4, -0.2) is 28.9 Å². The number of rotatable bonds is 8. The lowest BCUT2D eigenvalue weighted by Gasteiger charge is -2.20. The number of aryl methyl sites for hydroxylation is 1. The fourth-order valence-electron chi connectivity index (χ4n) is 2.98. The molecule has 28 heavy (non-hydrogen) atoms. The second-order valence-corrected chi connectivity index (χ2v) is 7.04. The van der Waals surface area contributed by atoms with E-state index < -0.39 is 0 Å². The van der Waals surface area contributed by atoms with E-state index in [9.17, 15) is 10.1 Å². The number of nitriles is 1. The standard InChI is InChI=1S/C23H28N4O/c1-5-27(14-11-19-9-12-25-13-10-19)16-20(15-24)23(28)26-22-18(4)7-6-8-21(22)17(2)3/h6-10,12-13,16-17H,5,11,14H2,1-4H3,(H,26,28)/b20-16-. The van der Waals surface area contributed by atoms with E-state index in [1.54, 1.807) is 18.6 Å². The molecule has 0 saturated carbocycles. The zero-order valence-electron chi connectivity index (χ0n) is 17.1. The predicted molar refractivity (Wildman–Crippen MR) is 113 cm³/mol. The molecule has 1 amide bonds. The molecule has 1 aromatic heterocycles. The lowest BCUT2D eigenvalue weighted by molar-refractivity contribution is -0.112. The van der Waals surface area contributed by atoms with E-state index >= 15 is 0 Å². The molecule has 2 aromatic rings. The number of benzene rings is 1. The summed E-state index contributed by atoms with van der Waals surface area (Å²) in [4.78, 5) is 18.8. The van der Waals surface area contributed by atoms with Crippen molar-refractivity contribution in [3.8, 4) is 6.07 Å². The molecule has 146 valence electrons. The van der Waals surface area contributed by atoms with Gasteiger partial charge in [-0.1, -0.05) is 32.0 Å². The SMILES string of the molecule is CCN(/C=C(/C#N)C(=O)Nc1c(C)cccc1C(C)C)CCc1ccncc1. The Balaban J connectivity index is 2.15. The fourth-order valence-corrected chi connectivity index (χ4v) is 2.98. The summed E-state index contributed by atoms with van der Waals surface area (Å²) in [6.07, 6.45) is 6.01. The smallest absolute Gasteiger partial charge is 0.267 e. The van der Waals surface area contributed by atoms with Crippen LogP contribution in [0.1, 0.15) is 43.4 Å². The minimum Gasteiger partial charge on any atom is -0.376 e. The third-order valence-electron chi connectivity index (χ3n) is 4.69. The molecule has 5 heteroatoms. The van der Waals surface area contributed by atoms with Gasteiger partial charge in [0, 0.05) is 37.4 Å². The van der Waals surface area contributed by atoms with Crippen LogP contribution in [0.3, 0.4) is 0 Å². The zero-order chi connectivity index (χ0) is 20.5. The molecule has 0 atom stereocenters. The summed E-state index contributed by atoms with van der Waals surface area (Å²) in [7, 11) is 0. The summed E-state index contributed by atoms with van der Waals surface area (Å²) in [5.41, 5.74) is 4.13. The molecule has 2 rings (SSSR count). The molecular weight excluding hydrogens is 348 g/mol. The van der Waals surface area contributed by atoms with Crippen molar-refractivity contribution in [2.45, 2.75) is 40.0 Å². The average Bonchev–Trinajstić information content (AvgIpc) is 2.70. The monoisotopic (exact) mass is 376 g/mol. The Bertz CT molecular complexity index is 866. The number of carbonyl (C=O) groups is 1. The van der Waals surface area contributed by atoms with E-state index in [1.165, 1.54) is 5.56 Å². The molecule has 1 N–H and O–H groups in total. The Morgan fingerprint density at radius 2 is 2.00 bits per heavy atom. The van der Waals surface area contributed by atoms with Crippen molar-refractivity contribution in [2.75, 3.05) is 18.4 Å². The van der Waals surface area contributed by atoms with Gasteiger partial charge in [0.1, 0.15) is 11.6 Å². The third-order valence-corrected chi connectivity index (χ3v) is 4.69. The predicted octanol–water partition coefficient (Wildman–Crippen LogP) is 4.42. The van der Waals surface area contributed by atoms with Gasteiger partial charge in [-0.05, 0) is 55.0 Å². The number of amides is 1. The molecule has 0 saturated heterocycles. The summed E-state index contributed by atoms with van der Waals surface area (Å²) >= 11 is 0. The van der Waals surface area contributed by atoms with Gasteiger partial charge in [-0.25, -0.2) is 0 Å². The summed E-state index contributed by atoms with van der Waals surface area (Å²) in [6.45, 7) is 9.58. The molecular formula is C23H28N4O. The molecule has 0 aliphatic rings. The number of likely N-dealkylation sites (N-methyl/N-ethyl adjacent to an activating group) is 1. The van der Waals surface area contributed by atoms with Crippen molar-refractivity contribution in [1.82, 2.24) is 9.88 Å². The fraction of sp³-hybridized carbons (Fsp3) is 0.348. The van der Waals surface area contributed by atoms with Crippen LogP contribution >= 0.6 is 0 Å². The van der Waals surface area contributed by atoms with Crippen LogP contribution < -0.4 is 5.32 Å². The maximum Gasteiger partial charge on any atom is 0.267 e. The summed E-state index contributed by atoms with van der Waals surface area (Å²) < 4.78 is 0. The van der Waals surface area contributed by atoms with E-state index in [0.29, 0.717) is 6.54 Å². The van der Waals surface area contributed by atoms with Crippen LogP contribution in [0.15, 0.2) is 54.5 Å². The van der Waals surface area contributed by atoms with Crippen LogP contribution in [0.2, 0.25) is 0 Å². The van der Waals surface area contributed by atoms with Gasteiger partial charge in [-0.15, -0.1) is 0 Å². The second-order valence-electron chi connectivity index (χ2n) is 7.04. The van der Waals surface area contributed by atoms with E-state index in [0.717, 1.165) is 29.8 Å². The first-order valence-corrected chi connectivity index (χ1v) is 9.62. The number of hydrogen-bond donors (Lipinski definition) is 1. The first-order valence-electron chi connectivity index (χ1n) is 9.62. The highest BCUT2D eigenvalue weighted by molar-refractivity contribution is 6.07. The van der Waals surface area contributed by atoms with Gasteiger partial charge in [0.25, 0.3) is 5.91 Å². The van der Waals surface area contributed by atoms with Crippen LogP contribution in [0.25, 0.3) is 0 Å². The molecule has 0 radical (unpaired) electrons. The topological polar surface area (TPSA) is 69.0 Å². The Morgan fingerprint density at radius 3 is 2.61 bits per heavy atom. The number of aromatic nitrogens is 1. The largest absolute Gasteiger partial charge is 0.376 e. The minimum absolute atomic E-state index is 0.106. The van der Waals surface area contributed by atoms with Gasteiger partial charge in [0.15, 0.2) is 0 Å². The lowest BCUT2D eigenvalue weighted by atomic mass is 9.98. The van der Waals surface area contributed by atoms with Gasteiger partial charge < -0.3 is 10.2 Å². The quantitative estimate of drug-likeness (QED) is 0.547. The van der Waals surface area contributed by atoms with Gasteiger partial charge in [0.05, 0.1) is 0 Å². The van der Waals surface area contributed by atoms with Crippen molar-refractivity contribution in [3.05, 3.63) is 71.2 Å². The highest BCUT2D eigenvalue weighted by Crippen LogP contribution is 2.27. The zero-order valence-corrected chi connectivity index (χ0v) is 17.1. The molecule has 0 spiro atoms. The third kappa shape index (κ3) is 5.68.